The number of hydrogen-bond donors (Lipinski definition) is 0. The van der Waals surface area contributed by atoms with E-state index in [-0.39, 0.29) is 0 Å². The zero-order valence-corrected chi connectivity index (χ0v) is 11.3. The van der Waals surface area contributed by atoms with Crippen LogP contribution in [-0.4, -0.2) is 28.0 Å². The summed E-state index contributed by atoms with van der Waals surface area (Å²) in [5.41, 5.74) is 0. The molecule has 1 unspecified atom stereocenters. The number of hydrogen-bond acceptors (Lipinski definition) is 3. The fourth-order valence-corrected chi connectivity index (χ4v) is 2.80. The van der Waals surface area contributed by atoms with Crippen LogP contribution in [0.15, 0.2) is 0 Å². The Labute approximate surface area is 107 Å². The molecule has 1 fully saturated rings. The van der Waals surface area contributed by atoms with Crippen LogP contribution in [0.25, 0.3) is 0 Å². The molecule has 0 radical (unpaired) electrons. The highest BCUT2D eigenvalue weighted by Crippen LogP contribution is 2.30. The average Bonchev–Trinajstić information content (AvgIpc) is 2.71. The molecule has 1 aliphatic heterocycles. The predicted molar refractivity (Wildman–Crippen MR) is 67.3 cm³/mol. The zero-order valence-electron chi connectivity index (χ0n) is 10.5. The molecule has 0 saturated carbocycles. The first-order valence-corrected chi connectivity index (χ1v) is 6.78. The van der Waals surface area contributed by atoms with Crippen LogP contribution in [0.4, 0.5) is 0 Å². The fourth-order valence-electron chi connectivity index (χ4n) is 2.51. The van der Waals surface area contributed by atoms with Crippen LogP contribution in [0.5, 0.6) is 0 Å². The highest BCUT2D eigenvalue weighted by atomic mass is 35.5. The van der Waals surface area contributed by atoms with Crippen molar-refractivity contribution in [2.75, 3.05) is 13.2 Å². The molecule has 1 aromatic rings. The van der Waals surface area contributed by atoms with Crippen molar-refractivity contribution in [3.8, 4) is 0 Å². The Morgan fingerprint density at radius 1 is 1.41 bits per heavy atom. The van der Waals surface area contributed by atoms with Gasteiger partial charge in [0.15, 0.2) is 0 Å². The van der Waals surface area contributed by atoms with Crippen molar-refractivity contribution in [1.29, 1.82) is 0 Å². The highest BCUT2D eigenvalue weighted by Gasteiger charge is 2.25. The third-order valence-electron chi connectivity index (χ3n) is 3.55. The molecule has 1 atom stereocenters. The van der Waals surface area contributed by atoms with Crippen LogP contribution < -0.4 is 0 Å². The molecular formula is C12H20ClN3O. The Balaban J connectivity index is 2.16. The second-order valence-corrected chi connectivity index (χ2v) is 5.03. The molecule has 96 valence electrons. The molecule has 2 rings (SSSR count). The van der Waals surface area contributed by atoms with E-state index < -0.39 is 0 Å². The van der Waals surface area contributed by atoms with Gasteiger partial charge in [-0.15, -0.1) is 10.2 Å². The maximum atomic E-state index is 6.15. The van der Waals surface area contributed by atoms with Crippen LogP contribution >= 0.6 is 11.6 Å². The molecular weight excluding hydrogens is 238 g/mol. The first kappa shape index (κ1) is 12.8. The minimum atomic E-state index is 0.364. The minimum absolute atomic E-state index is 0.364. The van der Waals surface area contributed by atoms with Crippen LogP contribution in [0.1, 0.15) is 45.0 Å². The number of rotatable bonds is 4. The number of aromatic nitrogens is 3. The van der Waals surface area contributed by atoms with E-state index in [1.807, 2.05) is 0 Å². The quantitative estimate of drug-likeness (QED) is 0.833. The molecule has 1 aliphatic rings. The molecule has 1 aromatic heterocycles. The zero-order chi connectivity index (χ0) is 12.3. The monoisotopic (exact) mass is 257 g/mol. The summed E-state index contributed by atoms with van der Waals surface area (Å²) in [4.78, 5) is 0. The van der Waals surface area contributed by atoms with Gasteiger partial charge in [-0.25, -0.2) is 0 Å². The van der Waals surface area contributed by atoms with E-state index in [0.717, 1.165) is 44.7 Å². The van der Waals surface area contributed by atoms with E-state index >= 15 is 0 Å². The van der Waals surface area contributed by atoms with Gasteiger partial charge in [0, 0.05) is 25.7 Å². The smallest absolute Gasteiger partial charge is 0.225 e. The average molecular weight is 258 g/mol. The van der Waals surface area contributed by atoms with Crippen molar-refractivity contribution < 1.29 is 4.74 Å². The molecule has 0 aliphatic carbocycles. The molecule has 2 heterocycles. The molecule has 5 heteroatoms. The molecule has 0 spiro atoms. The molecule has 0 aromatic carbocycles. The maximum absolute atomic E-state index is 6.15. The normalized spacial score (nSPS) is 19.5. The van der Waals surface area contributed by atoms with Crippen LogP contribution in [0.3, 0.4) is 0 Å². The van der Waals surface area contributed by atoms with E-state index in [9.17, 15) is 0 Å². The van der Waals surface area contributed by atoms with Gasteiger partial charge >= 0.3 is 0 Å². The van der Waals surface area contributed by atoms with Gasteiger partial charge in [0.1, 0.15) is 5.82 Å². The second kappa shape index (κ2) is 5.83. The van der Waals surface area contributed by atoms with Crippen molar-refractivity contribution in [2.45, 2.75) is 45.6 Å². The summed E-state index contributed by atoms with van der Waals surface area (Å²) in [5, 5.41) is 8.69. The fraction of sp³-hybridized carbons (Fsp3) is 0.833. The molecule has 4 nitrogen and oxygen atoms in total. The van der Waals surface area contributed by atoms with Gasteiger partial charge in [0.05, 0.1) is 0 Å². The van der Waals surface area contributed by atoms with E-state index in [4.69, 9.17) is 16.3 Å². The lowest BCUT2D eigenvalue weighted by Gasteiger charge is -2.29. The lowest BCUT2D eigenvalue weighted by Crippen LogP contribution is -2.25. The van der Waals surface area contributed by atoms with Crippen LogP contribution in [-0.2, 0) is 11.2 Å². The van der Waals surface area contributed by atoms with Gasteiger partial charge in [-0.1, -0.05) is 6.92 Å². The Bertz CT molecular complexity index is 361. The number of ether oxygens (including phenoxy) is 1. The topological polar surface area (TPSA) is 39.9 Å². The summed E-state index contributed by atoms with van der Waals surface area (Å²) in [6, 6.07) is 0.364. The van der Waals surface area contributed by atoms with Gasteiger partial charge < -0.3 is 4.74 Å². The van der Waals surface area contributed by atoms with E-state index in [1.165, 1.54) is 0 Å². The third-order valence-corrected chi connectivity index (χ3v) is 3.81. The van der Waals surface area contributed by atoms with Gasteiger partial charge in [-0.05, 0) is 43.7 Å². The first-order chi connectivity index (χ1) is 8.24. The highest BCUT2D eigenvalue weighted by molar-refractivity contribution is 6.28. The lowest BCUT2D eigenvalue weighted by atomic mass is 9.92. The Hall–Kier alpha value is -0.610. The van der Waals surface area contributed by atoms with Crippen molar-refractivity contribution in [2.24, 2.45) is 5.92 Å². The summed E-state index contributed by atoms with van der Waals surface area (Å²) in [7, 11) is 0. The molecule has 0 amide bonds. The van der Waals surface area contributed by atoms with E-state index in [0.29, 0.717) is 17.2 Å². The third kappa shape index (κ3) is 2.80. The number of aryl methyl sites for hydroxylation is 1. The minimum Gasteiger partial charge on any atom is -0.381 e. The largest absolute Gasteiger partial charge is 0.381 e. The van der Waals surface area contributed by atoms with E-state index in [1.54, 1.807) is 0 Å². The molecule has 17 heavy (non-hydrogen) atoms. The van der Waals surface area contributed by atoms with Crippen molar-refractivity contribution >= 4 is 11.6 Å². The Morgan fingerprint density at radius 2 is 2.12 bits per heavy atom. The second-order valence-electron chi connectivity index (χ2n) is 4.70. The first-order valence-electron chi connectivity index (χ1n) is 6.41. The van der Waals surface area contributed by atoms with Crippen molar-refractivity contribution in [3.05, 3.63) is 11.1 Å². The lowest BCUT2D eigenvalue weighted by molar-refractivity contribution is 0.0509. The maximum Gasteiger partial charge on any atom is 0.225 e. The van der Waals surface area contributed by atoms with Gasteiger partial charge in [0.25, 0.3) is 0 Å². The summed E-state index contributed by atoms with van der Waals surface area (Å²) in [6.07, 6.45) is 4.20. The molecule has 1 saturated heterocycles. The van der Waals surface area contributed by atoms with Gasteiger partial charge in [-0.3, -0.25) is 4.57 Å². The Morgan fingerprint density at radius 3 is 2.76 bits per heavy atom. The Kier molecular flexibility index (Phi) is 4.40. The standard InChI is InChI=1S/C12H20ClN3O/c1-3-4-11-14-15-12(13)16(11)9(2)10-5-7-17-8-6-10/h9-10H,3-8H2,1-2H3. The molecule has 0 N–H and O–H groups in total. The van der Waals surface area contributed by atoms with Gasteiger partial charge in [0.2, 0.25) is 5.28 Å². The number of halogens is 1. The SMILES string of the molecule is CCCc1nnc(Cl)n1C(C)C1CCOCC1. The van der Waals surface area contributed by atoms with Crippen molar-refractivity contribution in [1.82, 2.24) is 14.8 Å². The summed E-state index contributed by atoms with van der Waals surface area (Å²) >= 11 is 6.15. The van der Waals surface area contributed by atoms with E-state index in [2.05, 4.69) is 28.6 Å². The number of nitrogens with zero attached hydrogens (tertiary/aromatic N) is 3. The van der Waals surface area contributed by atoms with Gasteiger partial charge in [-0.2, -0.15) is 0 Å². The van der Waals surface area contributed by atoms with Crippen molar-refractivity contribution in [3.63, 3.8) is 0 Å². The van der Waals surface area contributed by atoms with Crippen LogP contribution in [0, 0.1) is 5.92 Å². The molecule has 0 bridgehead atoms. The summed E-state index contributed by atoms with van der Waals surface area (Å²) < 4.78 is 7.50. The summed E-state index contributed by atoms with van der Waals surface area (Å²) in [5.74, 6) is 1.63. The summed E-state index contributed by atoms with van der Waals surface area (Å²) in [6.45, 7) is 6.08. The predicted octanol–water partition coefficient (Wildman–Crippen LogP) is 2.87. The van der Waals surface area contributed by atoms with Crippen LogP contribution in [0.2, 0.25) is 5.28 Å².